The second kappa shape index (κ2) is 15.9. The first-order chi connectivity index (χ1) is 21.6. The predicted octanol–water partition coefficient (Wildman–Crippen LogP) is 4.94. The summed E-state index contributed by atoms with van der Waals surface area (Å²) in [7, 11) is 6.69. The van der Waals surface area contributed by atoms with Crippen molar-refractivity contribution in [2.75, 3.05) is 55.1 Å². The molecule has 3 aromatic rings. The van der Waals surface area contributed by atoms with Crippen LogP contribution >= 0.6 is 23.5 Å². The molecular weight excluding hydrogens is 597 g/mol. The van der Waals surface area contributed by atoms with Gasteiger partial charge in [0, 0.05) is 47.9 Å². The number of ether oxygens (including phenoxy) is 4. The smallest absolute Gasteiger partial charge is 0.159 e. The zero-order valence-corrected chi connectivity index (χ0v) is 27.3. The van der Waals surface area contributed by atoms with Gasteiger partial charge in [0.1, 0.15) is 23.0 Å². The number of nitrogens with zero attached hydrogens (tertiary/aromatic N) is 4. The average Bonchev–Trinajstić information content (AvgIpc) is 3.08. The van der Waals surface area contributed by atoms with Crippen LogP contribution in [0.2, 0.25) is 0 Å². The number of aliphatic imine (C=N–C) groups is 2. The van der Waals surface area contributed by atoms with E-state index in [1.807, 2.05) is 36.4 Å². The van der Waals surface area contributed by atoms with Crippen LogP contribution < -0.4 is 29.6 Å². The van der Waals surface area contributed by atoms with Crippen LogP contribution in [0.1, 0.15) is 22.3 Å². The lowest BCUT2D eigenvalue weighted by Gasteiger charge is -2.27. The van der Waals surface area contributed by atoms with Crippen LogP contribution in [-0.2, 0) is 24.6 Å². The zero-order chi connectivity index (χ0) is 30.7. The van der Waals surface area contributed by atoms with E-state index in [9.17, 15) is 0 Å². The van der Waals surface area contributed by atoms with Gasteiger partial charge < -0.3 is 29.6 Å². The average molecular weight is 637 g/mol. The van der Waals surface area contributed by atoms with Crippen molar-refractivity contribution < 1.29 is 18.9 Å². The summed E-state index contributed by atoms with van der Waals surface area (Å²) in [6.45, 7) is 4.21. The molecule has 0 atom stereocenters. The number of nitrogens with one attached hydrogen (secondary N) is 2. The minimum absolute atomic E-state index is 0.635. The van der Waals surface area contributed by atoms with Gasteiger partial charge in [-0.3, -0.25) is 9.80 Å². The lowest BCUT2D eigenvalue weighted by Crippen LogP contribution is -2.41. The van der Waals surface area contributed by atoms with Gasteiger partial charge in [-0.2, -0.15) is 0 Å². The maximum atomic E-state index is 5.56. The topological polar surface area (TPSA) is 92.2 Å². The van der Waals surface area contributed by atoms with Crippen LogP contribution in [0.15, 0.2) is 70.6 Å². The Morgan fingerprint density at radius 2 is 1.07 bits per heavy atom. The lowest BCUT2D eigenvalue weighted by atomic mass is 10.1. The number of thioether (sulfide) groups is 2. The van der Waals surface area contributed by atoms with Gasteiger partial charge in [-0.05, 0) is 23.3 Å². The Bertz CT molecular complexity index is 1360. The number of benzene rings is 3. The summed E-state index contributed by atoms with van der Waals surface area (Å²) in [5.41, 5.74) is 4.83. The molecule has 0 saturated heterocycles. The molecular formula is C32H40N6O4S2. The van der Waals surface area contributed by atoms with Crippen molar-refractivity contribution in [1.82, 2.24) is 20.4 Å². The Balaban J connectivity index is 1.09. The maximum absolute atomic E-state index is 5.56. The van der Waals surface area contributed by atoms with Crippen LogP contribution in [-0.4, -0.2) is 75.2 Å². The molecule has 44 heavy (non-hydrogen) atoms. The van der Waals surface area contributed by atoms with Gasteiger partial charge in [0.05, 0.1) is 55.1 Å². The summed E-state index contributed by atoms with van der Waals surface area (Å²) >= 11 is 3.49. The molecule has 0 radical (unpaired) electrons. The summed E-state index contributed by atoms with van der Waals surface area (Å²) in [6, 6.07) is 20.5. The minimum atomic E-state index is 0.635. The van der Waals surface area contributed by atoms with E-state index in [-0.39, 0.29) is 0 Å². The lowest BCUT2D eigenvalue weighted by molar-refractivity contribution is 0.254. The molecule has 3 aromatic carbocycles. The van der Waals surface area contributed by atoms with Crippen LogP contribution in [0.25, 0.3) is 0 Å². The van der Waals surface area contributed by atoms with Gasteiger partial charge in [-0.25, -0.2) is 9.98 Å². The fourth-order valence-corrected chi connectivity index (χ4v) is 6.66. The van der Waals surface area contributed by atoms with Crippen molar-refractivity contribution in [3.05, 3.63) is 82.9 Å². The van der Waals surface area contributed by atoms with Crippen molar-refractivity contribution in [3.8, 4) is 23.0 Å². The van der Waals surface area contributed by atoms with Gasteiger partial charge in [0.25, 0.3) is 0 Å². The van der Waals surface area contributed by atoms with Gasteiger partial charge in [-0.15, -0.1) is 0 Å². The molecule has 0 amide bonds. The first kappa shape index (κ1) is 31.8. The van der Waals surface area contributed by atoms with Gasteiger partial charge in [0.15, 0.2) is 10.3 Å². The molecule has 0 spiro atoms. The minimum Gasteiger partial charge on any atom is -0.497 e. The standard InChI is InChI=1S/C32H40N6O4S2/c1-39-27-11-9-23(29(13-27)41-3)15-37-19-33-31(34-20-37)43-17-25-7-5-6-8-26(25)18-44-32-35-21-38(22-36-32)16-24-10-12-28(40-2)14-30(24)42-4/h5-14H,15-22H2,1-4H3,(H,33,34)(H,35,36). The number of hydrogen-bond acceptors (Lipinski definition) is 12. The normalized spacial score (nSPS) is 15.5. The molecule has 5 rings (SSSR count). The number of amidine groups is 2. The largest absolute Gasteiger partial charge is 0.497 e. The quantitative estimate of drug-likeness (QED) is 0.285. The van der Waals surface area contributed by atoms with Crippen molar-refractivity contribution >= 4 is 33.9 Å². The van der Waals surface area contributed by atoms with Crippen LogP contribution in [0, 0.1) is 0 Å². The molecule has 0 fully saturated rings. The maximum Gasteiger partial charge on any atom is 0.159 e. The van der Waals surface area contributed by atoms with Crippen molar-refractivity contribution in [3.63, 3.8) is 0 Å². The number of hydrogen-bond donors (Lipinski definition) is 2. The van der Waals surface area contributed by atoms with E-state index >= 15 is 0 Å². The molecule has 234 valence electrons. The third-order valence-corrected chi connectivity index (χ3v) is 9.36. The second-order valence-electron chi connectivity index (χ2n) is 10.2. The molecule has 0 saturated carbocycles. The Morgan fingerprint density at radius 3 is 1.43 bits per heavy atom. The Kier molecular flexibility index (Phi) is 11.5. The molecule has 10 nitrogen and oxygen atoms in total. The molecule has 12 heteroatoms. The van der Waals surface area contributed by atoms with Crippen LogP contribution in [0.5, 0.6) is 23.0 Å². The number of methoxy groups -OCH3 is 4. The van der Waals surface area contributed by atoms with E-state index in [4.69, 9.17) is 28.9 Å². The highest BCUT2D eigenvalue weighted by atomic mass is 32.2. The third-order valence-electron chi connectivity index (χ3n) is 7.36. The number of rotatable bonds is 12. The fourth-order valence-electron chi connectivity index (χ4n) is 4.88. The van der Waals surface area contributed by atoms with Crippen LogP contribution in [0.4, 0.5) is 0 Å². The molecule has 0 aliphatic carbocycles. The highest BCUT2D eigenvalue weighted by Crippen LogP contribution is 2.28. The van der Waals surface area contributed by atoms with Gasteiger partial charge >= 0.3 is 0 Å². The molecule has 0 unspecified atom stereocenters. The van der Waals surface area contributed by atoms with Crippen molar-refractivity contribution in [2.45, 2.75) is 24.6 Å². The Hall–Kier alpha value is -3.58. The van der Waals surface area contributed by atoms with Crippen molar-refractivity contribution in [2.24, 2.45) is 9.98 Å². The SMILES string of the molecule is COc1ccc(CN2CN=C(SCc3ccccc3CSC3=NCN(Cc4ccc(OC)cc4OC)CN3)NC2)c(OC)c1. The Morgan fingerprint density at radius 1 is 0.614 bits per heavy atom. The summed E-state index contributed by atoms with van der Waals surface area (Å²) < 4.78 is 21.8. The summed E-state index contributed by atoms with van der Waals surface area (Å²) in [5, 5.41) is 8.89. The van der Waals surface area contributed by atoms with E-state index in [1.165, 1.54) is 11.1 Å². The Labute approximate surface area is 268 Å². The molecule has 2 N–H and O–H groups in total. The van der Waals surface area contributed by atoms with Crippen molar-refractivity contribution in [1.29, 1.82) is 0 Å². The summed E-state index contributed by atoms with van der Waals surface area (Å²) in [5.74, 6) is 4.93. The molecule has 2 heterocycles. The van der Waals surface area contributed by atoms with E-state index < -0.39 is 0 Å². The van der Waals surface area contributed by atoms with Gasteiger partial charge in [-0.1, -0.05) is 59.9 Å². The highest BCUT2D eigenvalue weighted by Gasteiger charge is 2.18. The zero-order valence-electron chi connectivity index (χ0n) is 25.7. The summed E-state index contributed by atoms with van der Waals surface area (Å²) in [6.07, 6.45) is 0. The molecule has 0 bridgehead atoms. The van der Waals surface area contributed by atoms with E-state index in [0.29, 0.717) is 13.3 Å². The molecule has 0 aromatic heterocycles. The fraction of sp³-hybridized carbons (Fsp3) is 0.375. The van der Waals surface area contributed by atoms with Gasteiger partial charge in [0.2, 0.25) is 0 Å². The monoisotopic (exact) mass is 636 g/mol. The summed E-state index contributed by atoms with van der Waals surface area (Å²) in [4.78, 5) is 14.1. The molecule has 2 aliphatic heterocycles. The highest BCUT2D eigenvalue weighted by molar-refractivity contribution is 8.13. The second-order valence-corrected chi connectivity index (χ2v) is 12.2. The molecule has 2 aliphatic rings. The van der Waals surface area contributed by atoms with E-state index in [0.717, 1.165) is 82.4 Å². The van der Waals surface area contributed by atoms with E-state index in [1.54, 1.807) is 52.0 Å². The van der Waals surface area contributed by atoms with Crippen LogP contribution in [0.3, 0.4) is 0 Å². The van der Waals surface area contributed by atoms with E-state index in [2.05, 4.69) is 44.7 Å². The third kappa shape index (κ3) is 8.53. The first-order valence-electron chi connectivity index (χ1n) is 14.3. The first-order valence-corrected chi connectivity index (χ1v) is 16.3. The predicted molar refractivity (Wildman–Crippen MR) is 180 cm³/mol.